The number of allylic oxidation sites excluding steroid dienone is 18. The van der Waals surface area contributed by atoms with Crippen LogP contribution in [-0.2, 0) is 28.6 Å². The number of esters is 3. The van der Waals surface area contributed by atoms with Crippen LogP contribution >= 0.6 is 0 Å². The molecule has 1 unspecified atom stereocenters. The average Bonchev–Trinajstić information content (AvgIpc) is 3.41. The summed E-state index contributed by atoms with van der Waals surface area (Å²) in [5.41, 5.74) is 0. The Bertz CT molecular complexity index is 1520. The van der Waals surface area contributed by atoms with E-state index < -0.39 is 6.10 Å². The van der Waals surface area contributed by atoms with E-state index >= 15 is 0 Å². The van der Waals surface area contributed by atoms with Crippen LogP contribution in [0.1, 0.15) is 290 Å². The second kappa shape index (κ2) is 62.6. The van der Waals surface area contributed by atoms with Gasteiger partial charge in [-0.1, -0.05) is 259 Å². The molecule has 428 valence electrons. The van der Waals surface area contributed by atoms with Crippen molar-refractivity contribution in [1.29, 1.82) is 0 Å². The molecule has 0 bridgehead atoms. The number of ether oxygens (including phenoxy) is 3. The third-order valence-electron chi connectivity index (χ3n) is 13.2. The van der Waals surface area contributed by atoms with Gasteiger partial charge in [0.2, 0.25) is 0 Å². The summed E-state index contributed by atoms with van der Waals surface area (Å²) in [6.07, 6.45) is 85.2. The summed E-state index contributed by atoms with van der Waals surface area (Å²) >= 11 is 0. The monoisotopic (exact) mass is 1040 g/mol. The van der Waals surface area contributed by atoms with Gasteiger partial charge < -0.3 is 14.2 Å². The SMILES string of the molecule is CC/C=C\C/C=C\C/C=C\C/C=C\C/C=C\CCCC(=O)OC(COC(=O)CCCCCCCCC/C=C\CCCCCCCC)COC(=O)CCCCCCCCCC/C=C\C/C=C\C/C=C\CCCCCCC. The Morgan fingerprint density at radius 3 is 0.867 bits per heavy atom. The van der Waals surface area contributed by atoms with Gasteiger partial charge in [-0.25, -0.2) is 0 Å². The Kier molecular flexibility index (Phi) is 59.3. The van der Waals surface area contributed by atoms with Crippen LogP contribution in [0.4, 0.5) is 0 Å². The maximum absolute atomic E-state index is 12.9. The molecule has 0 radical (unpaired) electrons. The molecular weight excluding hydrogens is 925 g/mol. The fraction of sp³-hybridized carbons (Fsp3) is 0.696. The molecule has 1 atom stereocenters. The van der Waals surface area contributed by atoms with Gasteiger partial charge >= 0.3 is 17.9 Å². The summed E-state index contributed by atoms with van der Waals surface area (Å²) in [7, 11) is 0. The smallest absolute Gasteiger partial charge is 0.306 e. The lowest BCUT2D eigenvalue weighted by atomic mass is 10.1. The van der Waals surface area contributed by atoms with Crippen LogP contribution < -0.4 is 0 Å². The molecular formula is C69H116O6. The van der Waals surface area contributed by atoms with E-state index in [0.717, 1.165) is 96.3 Å². The Labute approximate surface area is 463 Å². The zero-order valence-electron chi connectivity index (χ0n) is 49.0. The summed E-state index contributed by atoms with van der Waals surface area (Å²) in [6, 6.07) is 0. The normalized spacial score (nSPS) is 12.8. The quantitative estimate of drug-likeness (QED) is 0.0261. The molecule has 0 aliphatic carbocycles. The van der Waals surface area contributed by atoms with E-state index in [-0.39, 0.29) is 37.5 Å². The maximum atomic E-state index is 12.9. The lowest BCUT2D eigenvalue weighted by Crippen LogP contribution is -2.30. The van der Waals surface area contributed by atoms with Crippen LogP contribution in [0.15, 0.2) is 109 Å². The van der Waals surface area contributed by atoms with Crippen molar-refractivity contribution in [2.24, 2.45) is 0 Å². The molecule has 0 N–H and O–H groups in total. The van der Waals surface area contributed by atoms with Crippen LogP contribution in [0, 0.1) is 0 Å². The molecule has 6 heteroatoms. The van der Waals surface area contributed by atoms with Gasteiger partial charge in [-0.3, -0.25) is 14.4 Å². The van der Waals surface area contributed by atoms with Gasteiger partial charge in [-0.15, -0.1) is 0 Å². The van der Waals surface area contributed by atoms with Crippen molar-refractivity contribution >= 4 is 17.9 Å². The van der Waals surface area contributed by atoms with Crippen LogP contribution in [-0.4, -0.2) is 37.2 Å². The van der Waals surface area contributed by atoms with Gasteiger partial charge in [0, 0.05) is 19.3 Å². The number of hydrogen-bond acceptors (Lipinski definition) is 6. The van der Waals surface area contributed by atoms with Gasteiger partial charge in [0.15, 0.2) is 6.10 Å². The molecule has 0 aliphatic heterocycles. The van der Waals surface area contributed by atoms with Crippen LogP contribution in [0.3, 0.4) is 0 Å². The maximum Gasteiger partial charge on any atom is 0.306 e. The van der Waals surface area contributed by atoms with Crippen molar-refractivity contribution in [3.8, 4) is 0 Å². The minimum Gasteiger partial charge on any atom is -0.462 e. The zero-order chi connectivity index (χ0) is 54.3. The molecule has 0 rings (SSSR count). The first-order valence-corrected chi connectivity index (χ1v) is 31.4. The van der Waals surface area contributed by atoms with E-state index in [0.29, 0.717) is 19.3 Å². The third kappa shape index (κ3) is 60.8. The number of carbonyl (C=O) groups excluding carboxylic acids is 3. The van der Waals surface area contributed by atoms with Crippen molar-refractivity contribution in [3.63, 3.8) is 0 Å². The second-order valence-electron chi connectivity index (χ2n) is 20.6. The van der Waals surface area contributed by atoms with E-state index in [9.17, 15) is 14.4 Å². The number of hydrogen-bond donors (Lipinski definition) is 0. The first kappa shape index (κ1) is 71.1. The molecule has 0 saturated heterocycles. The summed E-state index contributed by atoms with van der Waals surface area (Å²) < 4.78 is 16.9. The van der Waals surface area contributed by atoms with E-state index in [4.69, 9.17) is 14.2 Å². The van der Waals surface area contributed by atoms with Crippen molar-refractivity contribution in [2.75, 3.05) is 13.2 Å². The summed E-state index contributed by atoms with van der Waals surface area (Å²) in [4.78, 5) is 38.3. The van der Waals surface area contributed by atoms with Crippen molar-refractivity contribution in [3.05, 3.63) is 109 Å². The highest BCUT2D eigenvalue weighted by molar-refractivity contribution is 5.71. The third-order valence-corrected chi connectivity index (χ3v) is 13.2. The minimum absolute atomic E-state index is 0.106. The Balaban J connectivity index is 4.46. The molecule has 0 aliphatic rings. The molecule has 0 aromatic carbocycles. The topological polar surface area (TPSA) is 78.9 Å². The van der Waals surface area contributed by atoms with Gasteiger partial charge in [-0.05, 0) is 122 Å². The zero-order valence-corrected chi connectivity index (χ0v) is 49.0. The van der Waals surface area contributed by atoms with Crippen LogP contribution in [0.25, 0.3) is 0 Å². The molecule has 6 nitrogen and oxygen atoms in total. The molecule has 0 heterocycles. The number of unbranched alkanes of at least 4 members (excludes halogenated alkanes) is 27. The van der Waals surface area contributed by atoms with Gasteiger partial charge in [0.25, 0.3) is 0 Å². The molecule has 0 aromatic heterocycles. The Morgan fingerprint density at radius 1 is 0.280 bits per heavy atom. The van der Waals surface area contributed by atoms with E-state index in [1.54, 1.807) is 0 Å². The molecule has 0 fully saturated rings. The highest BCUT2D eigenvalue weighted by atomic mass is 16.6. The van der Waals surface area contributed by atoms with Crippen LogP contribution in [0.5, 0.6) is 0 Å². The predicted octanol–water partition coefficient (Wildman–Crippen LogP) is 21.4. The first-order valence-electron chi connectivity index (χ1n) is 31.4. The van der Waals surface area contributed by atoms with Crippen molar-refractivity contribution < 1.29 is 28.6 Å². The fourth-order valence-corrected chi connectivity index (χ4v) is 8.54. The van der Waals surface area contributed by atoms with Crippen LogP contribution in [0.2, 0.25) is 0 Å². The van der Waals surface area contributed by atoms with E-state index in [2.05, 4.69) is 130 Å². The molecule has 0 aromatic rings. The minimum atomic E-state index is -0.816. The highest BCUT2D eigenvalue weighted by Gasteiger charge is 2.19. The Morgan fingerprint density at radius 2 is 0.533 bits per heavy atom. The lowest BCUT2D eigenvalue weighted by molar-refractivity contribution is -0.167. The van der Waals surface area contributed by atoms with Gasteiger partial charge in [0.1, 0.15) is 13.2 Å². The fourth-order valence-electron chi connectivity index (χ4n) is 8.54. The lowest BCUT2D eigenvalue weighted by Gasteiger charge is -2.18. The molecule has 75 heavy (non-hydrogen) atoms. The number of rotatable bonds is 56. The van der Waals surface area contributed by atoms with Crippen molar-refractivity contribution in [1.82, 2.24) is 0 Å². The van der Waals surface area contributed by atoms with Gasteiger partial charge in [-0.2, -0.15) is 0 Å². The summed E-state index contributed by atoms with van der Waals surface area (Å²) in [5.74, 6) is -0.971. The molecule has 0 amide bonds. The van der Waals surface area contributed by atoms with Gasteiger partial charge in [0.05, 0.1) is 0 Å². The summed E-state index contributed by atoms with van der Waals surface area (Å²) in [5, 5.41) is 0. The number of carbonyl (C=O) groups is 3. The Hall–Kier alpha value is -3.93. The summed E-state index contributed by atoms with van der Waals surface area (Å²) in [6.45, 7) is 6.47. The van der Waals surface area contributed by atoms with E-state index in [1.165, 1.54) is 148 Å². The largest absolute Gasteiger partial charge is 0.462 e. The highest BCUT2D eigenvalue weighted by Crippen LogP contribution is 2.15. The van der Waals surface area contributed by atoms with Crippen molar-refractivity contribution in [2.45, 2.75) is 297 Å². The molecule has 0 saturated carbocycles. The average molecular weight is 1040 g/mol. The second-order valence-corrected chi connectivity index (χ2v) is 20.6. The van der Waals surface area contributed by atoms with E-state index in [1.807, 2.05) is 0 Å². The standard InChI is InChI=1S/C69H116O6/c1-4-7-10-13-16-19-22-25-28-31-32-33-34-35-36-39-41-44-47-50-53-56-59-62-68(71)74-65-66(75-69(72)63-60-57-54-51-48-45-42-38-30-27-24-21-18-15-12-9-6-3)64-73-67(70)61-58-55-52-49-46-43-40-37-29-26-23-20-17-14-11-8-5-2/h9,12,18,21-22,25-27,29-32,34-35,42,45,51,54,66H,4-8,10-11,13-17,19-20,23-24,28,33,36-41,43-44,46-50,52-53,55-65H2,1-3H3/b12-9-,21-18-,25-22-,29-26-,30-27-,32-31-,35-34-,45-42-,54-51-. The first-order chi connectivity index (χ1) is 37.0. The predicted molar refractivity (Wildman–Crippen MR) is 325 cm³/mol. The molecule has 0 spiro atoms.